The van der Waals surface area contributed by atoms with Gasteiger partial charge in [-0.05, 0) is 43.4 Å². The molecule has 2 unspecified atom stereocenters. The van der Waals surface area contributed by atoms with Crippen LogP contribution in [-0.2, 0) is 0 Å². The van der Waals surface area contributed by atoms with Crippen LogP contribution in [0.5, 0.6) is 0 Å². The number of hydrogen-bond donors (Lipinski definition) is 2. The van der Waals surface area contributed by atoms with Gasteiger partial charge in [-0.1, -0.05) is 26.2 Å². The quantitative estimate of drug-likeness (QED) is 0.833. The fraction of sp³-hybridized carbons (Fsp3) is 0.647. The van der Waals surface area contributed by atoms with Crippen molar-refractivity contribution in [3.63, 3.8) is 0 Å². The molecule has 2 nitrogen and oxygen atoms in total. The summed E-state index contributed by atoms with van der Waals surface area (Å²) >= 11 is 0. The summed E-state index contributed by atoms with van der Waals surface area (Å²) in [6, 6.07) is 3.54. The van der Waals surface area contributed by atoms with Crippen LogP contribution in [0.3, 0.4) is 0 Å². The molecule has 1 fully saturated rings. The van der Waals surface area contributed by atoms with E-state index < -0.39 is 17.7 Å². The number of benzene rings is 1. The maximum absolute atomic E-state index is 13.6. The Morgan fingerprint density at radius 2 is 1.95 bits per heavy atom. The number of aliphatic hydroxyl groups is 1. The maximum atomic E-state index is 13.6. The van der Waals surface area contributed by atoms with Crippen LogP contribution in [-0.4, -0.2) is 17.7 Å². The molecule has 0 spiro atoms. The molecule has 1 aromatic carbocycles. The predicted octanol–water partition coefficient (Wildman–Crippen LogP) is 3.95. The lowest BCUT2D eigenvalue weighted by molar-refractivity contribution is 0.153. The highest BCUT2D eigenvalue weighted by Crippen LogP contribution is 2.28. The van der Waals surface area contributed by atoms with E-state index in [0.29, 0.717) is 12.0 Å². The van der Waals surface area contributed by atoms with Crippen molar-refractivity contribution in [1.82, 2.24) is 5.32 Å². The van der Waals surface area contributed by atoms with E-state index in [2.05, 4.69) is 12.2 Å². The number of rotatable bonds is 6. The highest BCUT2D eigenvalue weighted by atomic mass is 19.1. The van der Waals surface area contributed by atoms with Crippen LogP contribution < -0.4 is 5.32 Å². The van der Waals surface area contributed by atoms with E-state index in [-0.39, 0.29) is 12.1 Å². The molecule has 0 amide bonds. The summed E-state index contributed by atoms with van der Waals surface area (Å²) in [6.45, 7) is 2.39. The van der Waals surface area contributed by atoms with E-state index in [1.807, 2.05) is 0 Å². The fourth-order valence-electron chi connectivity index (χ4n) is 3.32. The second-order valence-corrected chi connectivity index (χ2v) is 6.00. The van der Waals surface area contributed by atoms with E-state index >= 15 is 0 Å². The zero-order valence-corrected chi connectivity index (χ0v) is 12.6. The Labute approximate surface area is 125 Å². The predicted molar refractivity (Wildman–Crippen MR) is 80.0 cm³/mol. The smallest absolute Gasteiger partial charge is 0.129 e. The van der Waals surface area contributed by atoms with E-state index in [0.717, 1.165) is 24.6 Å². The first-order chi connectivity index (χ1) is 10.1. The van der Waals surface area contributed by atoms with Gasteiger partial charge in [-0.3, -0.25) is 0 Å². The van der Waals surface area contributed by atoms with Crippen LogP contribution in [0, 0.1) is 17.6 Å². The molecule has 1 saturated carbocycles. The maximum Gasteiger partial charge on any atom is 0.129 e. The third kappa shape index (κ3) is 4.48. The third-order valence-corrected chi connectivity index (χ3v) is 4.55. The number of aliphatic hydroxyl groups excluding tert-OH is 1. The van der Waals surface area contributed by atoms with Gasteiger partial charge >= 0.3 is 0 Å². The zero-order valence-electron chi connectivity index (χ0n) is 12.6. The molecule has 2 N–H and O–H groups in total. The van der Waals surface area contributed by atoms with Crippen LogP contribution in [0.4, 0.5) is 8.78 Å². The minimum absolute atomic E-state index is 0.0287. The monoisotopic (exact) mass is 297 g/mol. The van der Waals surface area contributed by atoms with Crippen LogP contribution in [0.2, 0.25) is 0 Å². The van der Waals surface area contributed by atoms with Crippen molar-refractivity contribution in [1.29, 1.82) is 0 Å². The lowest BCUT2D eigenvalue weighted by atomic mass is 9.83. The molecule has 2 atom stereocenters. The number of halogens is 2. The van der Waals surface area contributed by atoms with Crippen molar-refractivity contribution < 1.29 is 13.9 Å². The van der Waals surface area contributed by atoms with Crippen molar-refractivity contribution in [2.45, 2.75) is 57.6 Å². The lowest BCUT2D eigenvalue weighted by Gasteiger charge is -2.31. The van der Waals surface area contributed by atoms with Gasteiger partial charge in [-0.15, -0.1) is 0 Å². The largest absolute Gasteiger partial charge is 0.387 e. The van der Waals surface area contributed by atoms with Crippen molar-refractivity contribution >= 4 is 0 Å². The molecule has 1 aliphatic carbocycles. The van der Waals surface area contributed by atoms with Crippen molar-refractivity contribution in [3.05, 3.63) is 35.4 Å². The van der Waals surface area contributed by atoms with Gasteiger partial charge in [-0.2, -0.15) is 0 Å². The summed E-state index contributed by atoms with van der Waals surface area (Å²) in [5.41, 5.74) is 0.0287. The molecule has 21 heavy (non-hydrogen) atoms. The Morgan fingerprint density at radius 3 is 2.62 bits per heavy atom. The molecule has 4 heteroatoms. The van der Waals surface area contributed by atoms with E-state index in [1.54, 1.807) is 0 Å². The molecule has 0 aliphatic heterocycles. The summed E-state index contributed by atoms with van der Waals surface area (Å²) in [5, 5.41) is 13.4. The highest BCUT2D eigenvalue weighted by molar-refractivity contribution is 5.21. The molecule has 0 saturated heterocycles. The van der Waals surface area contributed by atoms with Crippen molar-refractivity contribution in [2.75, 3.05) is 6.54 Å². The topological polar surface area (TPSA) is 32.3 Å². The SMILES string of the molecule is CCC(NCC(O)c1cc(F)ccc1F)C1CCCCC1. The Hall–Kier alpha value is -1.00. The molecule has 2 rings (SSSR count). The molecular formula is C17H25F2NO. The summed E-state index contributed by atoms with van der Waals surface area (Å²) < 4.78 is 26.8. The zero-order chi connectivity index (χ0) is 15.2. The van der Waals surface area contributed by atoms with Gasteiger partial charge in [0.25, 0.3) is 0 Å². The van der Waals surface area contributed by atoms with E-state index in [1.165, 1.54) is 32.1 Å². The van der Waals surface area contributed by atoms with Gasteiger partial charge in [0.2, 0.25) is 0 Å². The Balaban J connectivity index is 1.92. The second kappa shape index (κ2) is 7.85. The van der Waals surface area contributed by atoms with Crippen LogP contribution >= 0.6 is 0 Å². The van der Waals surface area contributed by atoms with E-state index in [4.69, 9.17) is 0 Å². The summed E-state index contributed by atoms with van der Waals surface area (Å²) in [5.74, 6) is -0.450. The standard InChI is InChI=1S/C17H25F2NO/c1-2-16(12-6-4-3-5-7-12)20-11-17(21)14-10-13(18)8-9-15(14)19/h8-10,12,16-17,20-21H,2-7,11H2,1H3. The Morgan fingerprint density at radius 1 is 1.24 bits per heavy atom. The third-order valence-electron chi connectivity index (χ3n) is 4.55. The number of nitrogens with one attached hydrogen (secondary N) is 1. The molecule has 0 radical (unpaired) electrons. The van der Waals surface area contributed by atoms with Crippen molar-refractivity contribution in [3.8, 4) is 0 Å². The number of hydrogen-bond acceptors (Lipinski definition) is 2. The highest BCUT2D eigenvalue weighted by Gasteiger charge is 2.23. The average molecular weight is 297 g/mol. The van der Waals surface area contributed by atoms with Crippen LogP contribution in [0.25, 0.3) is 0 Å². The normalized spacial score (nSPS) is 19.4. The van der Waals surface area contributed by atoms with E-state index in [9.17, 15) is 13.9 Å². The molecule has 0 bridgehead atoms. The van der Waals surface area contributed by atoms with Gasteiger partial charge in [0.1, 0.15) is 11.6 Å². The molecule has 1 aromatic rings. The summed E-state index contributed by atoms with van der Waals surface area (Å²) in [4.78, 5) is 0. The van der Waals surface area contributed by atoms with Gasteiger partial charge in [0, 0.05) is 18.2 Å². The van der Waals surface area contributed by atoms with Gasteiger partial charge in [0.05, 0.1) is 6.10 Å². The van der Waals surface area contributed by atoms with Gasteiger partial charge < -0.3 is 10.4 Å². The minimum atomic E-state index is -1.02. The fourth-order valence-corrected chi connectivity index (χ4v) is 3.32. The molecule has 1 aliphatic rings. The lowest BCUT2D eigenvalue weighted by Crippen LogP contribution is -2.39. The molecule has 0 aromatic heterocycles. The summed E-state index contributed by atoms with van der Waals surface area (Å²) in [6.07, 6.45) is 6.26. The minimum Gasteiger partial charge on any atom is -0.387 e. The van der Waals surface area contributed by atoms with Gasteiger partial charge in [0.15, 0.2) is 0 Å². The molecule has 118 valence electrons. The van der Waals surface area contributed by atoms with Gasteiger partial charge in [-0.25, -0.2) is 8.78 Å². The first-order valence-electron chi connectivity index (χ1n) is 7.98. The molecular weight excluding hydrogens is 272 g/mol. The van der Waals surface area contributed by atoms with Crippen molar-refractivity contribution in [2.24, 2.45) is 5.92 Å². The Bertz CT molecular complexity index is 446. The van der Waals surface area contributed by atoms with Crippen LogP contribution in [0.15, 0.2) is 18.2 Å². The Kier molecular flexibility index (Phi) is 6.12. The summed E-state index contributed by atoms with van der Waals surface area (Å²) in [7, 11) is 0. The van der Waals surface area contributed by atoms with Crippen LogP contribution in [0.1, 0.15) is 57.1 Å². The first-order valence-corrected chi connectivity index (χ1v) is 7.98. The average Bonchev–Trinajstić information content (AvgIpc) is 2.51. The first kappa shape index (κ1) is 16.4. The molecule has 0 heterocycles. The second-order valence-electron chi connectivity index (χ2n) is 6.00.